The molecule has 2 aromatic rings. The van der Waals surface area contributed by atoms with Crippen LogP contribution in [0.4, 0.5) is 5.13 Å². The summed E-state index contributed by atoms with van der Waals surface area (Å²) in [5.41, 5.74) is 0. The van der Waals surface area contributed by atoms with Crippen molar-refractivity contribution in [2.24, 2.45) is 5.92 Å². The van der Waals surface area contributed by atoms with Gasteiger partial charge in [0.15, 0.2) is 0 Å². The zero-order chi connectivity index (χ0) is 22.1. The first-order valence-corrected chi connectivity index (χ1v) is 13.3. The van der Waals surface area contributed by atoms with Crippen LogP contribution in [0.1, 0.15) is 63.3 Å². The largest absolute Gasteiger partial charge is 0.300 e. The van der Waals surface area contributed by atoms with Crippen LogP contribution in [0.25, 0.3) is 0 Å². The molecule has 8 nitrogen and oxygen atoms in total. The molecule has 1 aliphatic rings. The molecule has 0 radical (unpaired) electrons. The maximum absolute atomic E-state index is 12.7. The third kappa shape index (κ3) is 6.78. The van der Waals surface area contributed by atoms with E-state index in [1.165, 1.54) is 53.9 Å². The average Bonchev–Trinajstić information content (AvgIpc) is 3.24. The molecule has 10 heteroatoms. The summed E-state index contributed by atoms with van der Waals surface area (Å²) >= 11 is 1.43. The van der Waals surface area contributed by atoms with Gasteiger partial charge in [0, 0.05) is 37.8 Å². The topological polar surface area (TPSA) is 105 Å². The quantitative estimate of drug-likeness (QED) is 0.505. The molecule has 170 valence electrons. The number of sulfonamides is 1. The van der Waals surface area contributed by atoms with E-state index >= 15 is 0 Å². The number of aryl methyl sites for hydroxylation is 1. The highest BCUT2D eigenvalue weighted by Crippen LogP contribution is 2.25. The van der Waals surface area contributed by atoms with Crippen molar-refractivity contribution in [1.82, 2.24) is 19.5 Å². The van der Waals surface area contributed by atoms with Crippen molar-refractivity contribution in [3.8, 4) is 0 Å². The molecule has 0 unspecified atom stereocenters. The fraction of sp³-hybridized carbons (Fsp3) is 0.619. The second-order valence-electron chi connectivity index (χ2n) is 7.88. The normalized spacial score (nSPS) is 15.8. The molecule has 1 amide bonds. The minimum atomic E-state index is -3.56. The molecule has 0 aromatic carbocycles. The summed E-state index contributed by atoms with van der Waals surface area (Å²) in [4.78, 5) is 16.7. The number of anilines is 1. The van der Waals surface area contributed by atoms with Crippen LogP contribution in [0.3, 0.4) is 0 Å². The van der Waals surface area contributed by atoms with Crippen molar-refractivity contribution in [1.29, 1.82) is 0 Å². The van der Waals surface area contributed by atoms with Gasteiger partial charge in [-0.25, -0.2) is 8.42 Å². The average molecular weight is 466 g/mol. The third-order valence-electron chi connectivity index (χ3n) is 5.54. The molecule has 31 heavy (non-hydrogen) atoms. The first-order chi connectivity index (χ1) is 15.0. The highest BCUT2D eigenvalue weighted by atomic mass is 32.2. The molecule has 1 fully saturated rings. The molecule has 1 saturated heterocycles. The van der Waals surface area contributed by atoms with E-state index in [-0.39, 0.29) is 16.7 Å². The summed E-state index contributed by atoms with van der Waals surface area (Å²) < 4.78 is 26.8. The van der Waals surface area contributed by atoms with Crippen molar-refractivity contribution in [2.45, 2.75) is 69.6 Å². The van der Waals surface area contributed by atoms with Gasteiger partial charge in [0.25, 0.3) is 0 Å². The molecule has 3 rings (SSSR count). The Hall–Kier alpha value is -1.91. The number of aromatic nitrogens is 3. The first kappa shape index (κ1) is 23.7. The number of piperidine rings is 1. The van der Waals surface area contributed by atoms with Crippen molar-refractivity contribution in [2.75, 3.05) is 18.4 Å². The Kier molecular flexibility index (Phi) is 8.91. The number of carbonyl (C=O) groups excluding carboxylic acids is 1. The summed E-state index contributed by atoms with van der Waals surface area (Å²) in [6.45, 7) is 2.84. The minimum Gasteiger partial charge on any atom is -0.300 e. The smallest absolute Gasteiger partial charge is 0.244 e. The van der Waals surface area contributed by atoms with E-state index in [0.717, 1.165) is 17.8 Å². The Morgan fingerprint density at radius 3 is 2.61 bits per heavy atom. The molecular formula is C21H31N5O3S2. The molecule has 0 spiro atoms. The number of rotatable bonds is 11. The first-order valence-electron chi connectivity index (χ1n) is 11.0. The van der Waals surface area contributed by atoms with Crippen molar-refractivity contribution < 1.29 is 13.2 Å². The number of nitrogens with one attached hydrogen (secondary N) is 1. The van der Waals surface area contributed by atoms with Crippen molar-refractivity contribution in [3.63, 3.8) is 0 Å². The number of hydrogen-bond acceptors (Lipinski definition) is 7. The van der Waals surface area contributed by atoms with Gasteiger partial charge >= 0.3 is 0 Å². The van der Waals surface area contributed by atoms with Crippen LogP contribution in [-0.4, -0.2) is 46.9 Å². The lowest BCUT2D eigenvalue weighted by Gasteiger charge is -2.30. The number of pyridine rings is 1. The molecule has 0 bridgehead atoms. The van der Waals surface area contributed by atoms with Gasteiger partial charge in [-0.2, -0.15) is 4.31 Å². The van der Waals surface area contributed by atoms with Gasteiger partial charge in [0.2, 0.25) is 21.1 Å². The standard InChI is InChI=1S/C21H31N5O3S2/c1-2-3-4-5-6-7-10-19-24-25-21(30-19)23-20(27)17-11-14-26(15-12-17)31(28,29)18-9-8-13-22-16-18/h8-9,13,16-17H,2-7,10-12,14-15H2,1H3,(H,23,25,27). The SMILES string of the molecule is CCCCCCCCc1nnc(NC(=O)C2CCN(S(=O)(=O)c3cccnc3)CC2)s1. The van der Waals surface area contributed by atoms with Crippen LogP contribution in [-0.2, 0) is 21.2 Å². The van der Waals surface area contributed by atoms with Crippen LogP contribution >= 0.6 is 11.3 Å². The van der Waals surface area contributed by atoms with Crippen LogP contribution in [0, 0.1) is 5.92 Å². The second kappa shape index (κ2) is 11.6. The third-order valence-corrected chi connectivity index (χ3v) is 8.32. The van der Waals surface area contributed by atoms with Gasteiger partial charge < -0.3 is 5.32 Å². The van der Waals surface area contributed by atoms with Crippen molar-refractivity contribution in [3.05, 3.63) is 29.5 Å². The maximum Gasteiger partial charge on any atom is 0.244 e. The lowest BCUT2D eigenvalue weighted by Crippen LogP contribution is -2.41. The van der Waals surface area contributed by atoms with Gasteiger partial charge in [-0.15, -0.1) is 10.2 Å². The molecule has 1 N–H and O–H groups in total. The van der Waals surface area contributed by atoms with E-state index in [9.17, 15) is 13.2 Å². The Balaban J connectivity index is 1.43. The highest BCUT2D eigenvalue weighted by Gasteiger charge is 2.32. The molecule has 2 aromatic heterocycles. The zero-order valence-corrected chi connectivity index (χ0v) is 19.6. The number of nitrogens with zero attached hydrogens (tertiary/aromatic N) is 4. The van der Waals surface area contributed by atoms with Gasteiger partial charge in [0.05, 0.1) is 0 Å². The number of unbranched alkanes of at least 4 members (excludes halogenated alkanes) is 5. The molecule has 0 aliphatic carbocycles. The molecule has 0 atom stereocenters. The van der Waals surface area contributed by atoms with E-state index in [1.807, 2.05) is 0 Å². The van der Waals surface area contributed by atoms with Gasteiger partial charge in [-0.1, -0.05) is 50.4 Å². The van der Waals surface area contributed by atoms with Gasteiger partial charge in [-0.05, 0) is 31.4 Å². The minimum absolute atomic E-state index is 0.110. The van der Waals surface area contributed by atoms with E-state index in [1.54, 1.807) is 18.3 Å². The fourth-order valence-electron chi connectivity index (χ4n) is 3.68. The zero-order valence-electron chi connectivity index (χ0n) is 18.0. The summed E-state index contributed by atoms with van der Waals surface area (Å²) in [6, 6.07) is 3.15. The molecule has 1 aliphatic heterocycles. The van der Waals surface area contributed by atoms with Gasteiger partial charge in [-0.3, -0.25) is 9.78 Å². The number of carbonyl (C=O) groups is 1. The van der Waals surface area contributed by atoms with Gasteiger partial charge in [0.1, 0.15) is 9.90 Å². The van der Waals surface area contributed by atoms with E-state index < -0.39 is 10.0 Å². The Labute approximate surface area is 188 Å². The fourth-order valence-corrected chi connectivity index (χ4v) is 5.90. The van der Waals surface area contributed by atoms with Crippen LogP contribution in [0.5, 0.6) is 0 Å². The Morgan fingerprint density at radius 2 is 1.90 bits per heavy atom. The monoisotopic (exact) mass is 465 g/mol. The number of amides is 1. The Morgan fingerprint density at radius 1 is 1.16 bits per heavy atom. The van der Waals surface area contributed by atoms with E-state index in [4.69, 9.17) is 0 Å². The predicted octanol–water partition coefficient (Wildman–Crippen LogP) is 3.88. The predicted molar refractivity (Wildman–Crippen MR) is 121 cm³/mol. The van der Waals surface area contributed by atoms with E-state index in [0.29, 0.717) is 31.1 Å². The summed E-state index contributed by atoms with van der Waals surface area (Å²) in [5, 5.41) is 12.6. The second-order valence-corrected chi connectivity index (χ2v) is 10.9. The summed E-state index contributed by atoms with van der Waals surface area (Å²) in [5.74, 6) is -0.341. The molecular weight excluding hydrogens is 434 g/mol. The number of hydrogen-bond donors (Lipinski definition) is 1. The maximum atomic E-state index is 12.7. The lowest BCUT2D eigenvalue weighted by molar-refractivity contribution is -0.120. The lowest BCUT2D eigenvalue weighted by atomic mass is 9.97. The van der Waals surface area contributed by atoms with Crippen LogP contribution < -0.4 is 5.32 Å². The van der Waals surface area contributed by atoms with Crippen LogP contribution in [0.2, 0.25) is 0 Å². The van der Waals surface area contributed by atoms with Crippen LogP contribution in [0.15, 0.2) is 29.4 Å². The molecule has 3 heterocycles. The summed E-state index contributed by atoms with van der Waals surface area (Å²) in [6.07, 6.45) is 12.1. The van der Waals surface area contributed by atoms with E-state index in [2.05, 4.69) is 27.4 Å². The highest BCUT2D eigenvalue weighted by molar-refractivity contribution is 7.89. The van der Waals surface area contributed by atoms with Crippen molar-refractivity contribution >= 4 is 32.4 Å². The Bertz CT molecular complexity index is 926. The summed E-state index contributed by atoms with van der Waals surface area (Å²) in [7, 11) is -3.56. The molecule has 0 saturated carbocycles.